The quantitative estimate of drug-likeness (QED) is 0.806. The minimum atomic E-state index is 0.711. The van der Waals surface area contributed by atoms with E-state index in [9.17, 15) is 0 Å². The maximum Gasteiger partial charge on any atom is 0.177 e. The van der Waals surface area contributed by atoms with E-state index in [0.29, 0.717) is 6.04 Å². The number of aromatic nitrogens is 4. The summed E-state index contributed by atoms with van der Waals surface area (Å²) in [6.45, 7) is 13.4. The molecular formula is C16H25N7. The Morgan fingerprint density at radius 3 is 2.57 bits per heavy atom. The summed E-state index contributed by atoms with van der Waals surface area (Å²) in [4.78, 5) is 7.62. The van der Waals surface area contributed by atoms with Gasteiger partial charge in [0.2, 0.25) is 0 Å². The third-order valence-electron chi connectivity index (χ3n) is 5.13. The number of likely N-dealkylation sites (tertiary alicyclic amines) is 1. The molecule has 2 aromatic heterocycles. The third kappa shape index (κ3) is 2.96. The van der Waals surface area contributed by atoms with E-state index in [0.717, 1.165) is 36.8 Å². The van der Waals surface area contributed by atoms with Gasteiger partial charge in [0.25, 0.3) is 0 Å². The predicted octanol–water partition coefficient (Wildman–Crippen LogP) is 0.254. The van der Waals surface area contributed by atoms with Gasteiger partial charge in [0.15, 0.2) is 11.5 Å². The van der Waals surface area contributed by atoms with Crippen molar-refractivity contribution in [2.24, 2.45) is 0 Å². The van der Waals surface area contributed by atoms with Crippen molar-refractivity contribution in [1.29, 1.82) is 0 Å². The first-order valence-corrected chi connectivity index (χ1v) is 8.59. The van der Waals surface area contributed by atoms with E-state index in [1.807, 2.05) is 23.6 Å². The monoisotopic (exact) mass is 315 g/mol. The van der Waals surface area contributed by atoms with Crippen LogP contribution in [0.3, 0.4) is 0 Å². The molecule has 0 aromatic carbocycles. The van der Waals surface area contributed by atoms with Crippen LogP contribution in [0.25, 0.3) is 5.65 Å². The fraction of sp³-hybridized carbons (Fsp3) is 0.688. The Labute approximate surface area is 136 Å². The van der Waals surface area contributed by atoms with Crippen molar-refractivity contribution in [3.8, 4) is 0 Å². The van der Waals surface area contributed by atoms with E-state index >= 15 is 0 Å². The van der Waals surface area contributed by atoms with Crippen molar-refractivity contribution >= 4 is 5.65 Å². The standard InChI is InChI=1S/C16H25N7/c1-3-20-6-8-22(9-7-20)14-10-21(11-14)12-16-18-17-15-5-4-13(2)19-23(15)16/h4-5,14H,3,6-12H2,1-2H3. The molecule has 0 radical (unpaired) electrons. The topological polar surface area (TPSA) is 52.8 Å². The van der Waals surface area contributed by atoms with Crippen molar-refractivity contribution in [3.05, 3.63) is 23.7 Å². The number of fused-ring (bicyclic) bond motifs is 1. The lowest BCUT2D eigenvalue weighted by Gasteiger charge is -2.47. The number of hydrogen-bond donors (Lipinski definition) is 0. The maximum absolute atomic E-state index is 4.52. The van der Waals surface area contributed by atoms with Crippen molar-refractivity contribution in [2.45, 2.75) is 26.4 Å². The first-order valence-electron chi connectivity index (χ1n) is 8.59. The summed E-state index contributed by atoms with van der Waals surface area (Å²) in [6, 6.07) is 4.66. The lowest BCUT2D eigenvalue weighted by atomic mass is 10.1. The summed E-state index contributed by atoms with van der Waals surface area (Å²) in [5.41, 5.74) is 1.83. The molecule has 0 aliphatic carbocycles. The number of hydrogen-bond acceptors (Lipinski definition) is 6. The van der Waals surface area contributed by atoms with E-state index in [4.69, 9.17) is 0 Å². The van der Waals surface area contributed by atoms with Crippen LogP contribution in [0.15, 0.2) is 12.1 Å². The molecule has 4 rings (SSSR count). The van der Waals surface area contributed by atoms with Gasteiger partial charge in [-0.1, -0.05) is 6.92 Å². The average Bonchev–Trinajstić information content (AvgIpc) is 2.93. The van der Waals surface area contributed by atoms with Gasteiger partial charge in [-0.05, 0) is 25.6 Å². The van der Waals surface area contributed by atoms with Gasteiger partial charge in [0, 0.05) is 45.3 Å². The Bertz CT molecular complexity index is 668. The molecule has 23 heavy (non-hydrogen) atoms. The van der Waals surface area contributed by atoms with E-state index in [1.165, 1.54) is 32.7 Å². The third-order valence-corrected chi connectivity index (χ3v) is 5.13. The molecule has 124 valence electrons. The molecule has 0 bridgehead atoms. The number of rotatable bonds is 4. The number of aryl methyl sites for hydroxylation is 1. The number of likely N-dealkylation sites (N-methyl/N-ethyl adjacent to an activating group) is 1. The smallest absolute Gasteiger partial charge is 0.177 e. The van der Waals surface area contributed by atoms with Gasteiger partial charge in [-0.2, -0.15) is 9.61 Å². The summed E-state index contributed by atoms with van der Waals surface area (Å²) < 4.78 is 1.88. The van der Waals surface area contributed by atoms with Crippen LogP contribution in [-0.2, 0) is 6.54 Å². The van der Waals surface area contributed by atoms with Gasteiger partial charge >= 0.3 is 0 Å². The zero-order chi connectivity index (χ0) is 15.8. The van der Waals surface area contributed by atoms with Crippen LogP contribution in [0.1, 0.15) is 18.4 Å². The Morgan fingerprint density at radius 1 is 1.04 bits per heavy atom. The Balaban J connectivity index is 1.33. The van der Waals surface area contributed by atoms with E-state index < -0.39 is 0 Å². The van der Waals surface area contributed by atoms with Gasteiger partial charge in [0.1, 0.15) is 0 Å². The average molecular weight is 315 g/mol. The van der Waals surface area contributed by atoms with Gasteiger partial charge in [0.05, 0.1) is 12.2 Å². The molecule has 4 heterocycles. The second-order valence-corrected chi connectivity index (χ2v) is 6.68. The molecule has 0 spiro atoms. The normalized spacial score (nSPS) is 21.8. The molecule has 7 heteroatoms. The van der Waals surface area contributed by atoms with Crippen LogP contribution in [0.5, 0.6) is 0 Å². The highest BCUT2D eigenvalue weighted by Crippen LogP contribution is 2.19. The zero-order valence-electron chi connectivity index (χ0n) is 14.0. The largest absolute Gasteiger partial charge is 0.301 e. The van der Waals surface area contributed by atoms with E-state index in [1.54, 1.807) is 0 Å². The second kappa shape index (κ2) is 6.14. The number of piperazine rings is 1. The predicted molar refractivity (Wildman–Crippen MR) is 88.3 cm³/mol. The summed E-state index contributed by atoms with van der Waals surface area (Å²) in [7, 11) is 0. The van der Waals surface area contributed by atoms with Crippen molar-refractivity contribution in [1.82, 2.24) is 34.5 Å². The summed E-state index contributed by atoms with van der Waals surface area (Å²) >= 11 is 0. The lowest BCUT2D eigenvalue weighted by molar-refractivity contribution is 0.000720. The van der Waals surface area contributed by atoms with Crippen molar-refractivity contribution < 1.29 is 0 Å². The summed E-state index contributed by atoms with van der Waals surface area (Å²) in [5, 5.41) is 13.0. The van der Waals surface area contributed by atoms with Gasteiger partial charge in [-0.15, -0.1) is 10.2 Å². The summed E-state index contributed by atoms with van der Waals surface area (Å²) in [5.74, 6) is 0.943. The van der Waals surface area contributed by atoms with Crippen LogP contribution >= 0.6 is 0 Å². The molecule has 0 N–H and O–H groups in total. The zero-order valence-corrected chi connectivity index (χ0v) is 14.0. The van der Waals surface area contributed by atoms with E-state index in [-0.39, 0.29) is 0 Å². The molecule has 2 aromatic rings. The highest BCUT2D eigenvalue weighted by atomic mass is 15.4. The Kier molecular flexibility index (Phi) is 4.00. The highest BCUT2D eigenvalue weighted by molar-refractivity contribution is 5.36. The molecule has 0 unspecified atom stereocenters. The SMILES string of the molecule is CCN1CCN(C2CN(Cc3nnc4ccc(C)nn34)C2)CC1. The molecular weight excluding hydrogens is 290 g/mol. The van der Waals surface area contributed by atoms with Gasteiger partial charge < -0.3 is 4.90 Å². The van der Waals surface area contributed by atoms with Crippen molar-refractivity contribution in [2.75, 3.05) is 45.8 Å². The molecule has 7 nitrogen and oxygen atoms in total. The molecule has 0 amide bonds. The molecule has 0 atom stereocenters. The van der Waals surface area contributed by atoms with Crippen LogP contribution in [0.2, 0.25) is 0 Å². The van der Waals surface area contributed by atoms with E-state index in [2.05, 4.69) is 36.9 Å². The molecule has 2 saturated heterocycles. The van der Waals surface area contributed by atoms with Gasteiger partial charge in [-0.3, -0.25) is 9.80 Å². The summed E-state index contributed by atoms with van der Waals surface area (Å²) in [6.07, 6.45) is 0. The van der Waals surface area contributed by atoms with Crippen LogP contribution in [0, 0.1) is 6.92 Å². The van der Waals surface area contributed by atoms with Gasteiger partial charge in [-0.25, -0.2) is 0 Å². The molecule has 0 saturated carbocycles. The fourth-order valence-corrected chi connectivity index (χ4v) is 3.57. The minimum Gasteiger partial charge on any atom is -0.301 e. The van der Waals surface area contributed by atoms with Crippen molar-refractivity contribution in [3.63, 3.8) is 0 Å². The fourth-order valence-electron chi connectivity index (χ4n) is 3.57. The highest BCUT2D eigenvalue weighted by Gasteiger charge is 2.33. The first-order chi connectivity index (χ1) is 11.2. The van der Waals surface area contributed by atoms with Crippen LogP contribution < -0.4 is 0 Å². The Hall–Kier alpha value is -1.57. The Morgan fingerprint density at radius 2 is 1.83 bits per heavy atom. The maximum atomic E-state index is 4.52. The van der Waals surface area contributed by atoms with Crippen LogP contribution in [-0.4, -0.2) is 86.4 Å². The lowest BCUT2D eigenvalue weighted by Crippen LogP contribution is -2.62. The number of nitrogens with zero attached hydrogens (tertiary/aromatic N) is 7. The molecule has 2 aliphatic heterocycles. The second-order valence-electron chi connectivity index (χ2n) is 6.68. The minimum absolute atomic E-state index is 0.711. The molecule has 2 fully saturated rings. The van der Waals surface area contributed by atoms with Crippen LogP contribution in [0.4, 0.5) is 0 Å². The first kappa shape index (κ1) is 15.0. The molecule has 2 aliphatic rings.